The van der Waals surface area contributed by atoms with Crippen LogP contribution in [0.4, 0.5) is 9.18 Å². The smallest absolute Gasteiger partial charge is 0.315 e. The van der Waals surface area contributed by atoms with E-state index in [1.807, 2.05) is 30.3 Å². The number of nitrogens with zero attached hydrogens (tertiary/aromatic N) is 1. The third-order valence-corrected chi connectivity index (χ3v) is 5.16. The van der Waals surface area contributed by atoms with Gasteiger partial charge in [0, 0.05) is 18.7 Å². The Morgan fingerprint density at radius 2 is 2.08 bits per heavy atom. The van der Waals surface area contributed by atoms with Crippen LogP contribution in [0.15, 0.2) is 42.6 Å². The summed E-state index contributed by atoms with van der Waals surface area (Å²) in [6.45, 7) is 0. The molecule has 26 heavy (non-hydrogen) atoms. The minimum Gasteiger partial charge on any atom is -0.481 e. The van der Waals surface area contributed by atoms with Crippen LogP contribution in [0.2, 0.25) is 0 Å². The molecule has 1 fully saturated rings. The number of nitrogens with one attached hydrogen (secondary N) is 2. The molecule has 6 heteroatoms. The van der Waals surface area contributed by atoms with Gasteiger partial charge in [0.25, 0.3) is 0 Å². The van der Waals surface area contributed by atoms with E-state index in [-0.39, 0.29) is 12.1 Å². The van der Waals surface area contributed by atoms with E-state index in [0.29, 0.717) is 18.2 Å². The van der Waals surface area contributed by atoms with E-state index in [0.717, 1.165) is 29.5 Å². The van der Waals surface area contributed by atoms with Crippen molar-refractivity contribution in [3.63, 3.8) is 0 Å². The molecule has 0 spiro atoms. The summed E-state index contributed by atoms with van der Waals surface area (Å²) in [7, 11) is 1.57. The molecule has 1 aromatic carbocycles. The molecular formula is C20H22FN3O2. The lowest BCUT2D eigenvalue weighted by atomic mass is 10.0. The van der Waals surface area contributed by atoms with Gasteiger partial charge in [0.2, 0.25) is 5.88 Å². The molecule has 4 rings (SSSR count). The van der Waals surface area contributed by atoms with Crippen molar-refractivity contribution < 1.29 is 13.9 Å². The lowest BCUT2D eigenvalue weighted by Crippen LogP contribution is -2.42. The van der Waals surface area contributed by atoms with Crippen LogP contribution >= 0.6 is 0 Å². The molecule has 1 aromatic heterocycles. The second kappa shape index (κ2) is 6.94. The van der Waals surface area contributed by atoms with Crippen molar-refractivity contribution in [2.45, 2.75) is 37.5 Å². The van der Waals surface area contributed by atoms with Crippen molar-refractivity contribution in [2.75, 3.05) is 7.11 Å². The fourth-order valence-corrected chi connectivity index (χ4v) is 3.64. The van der Waals surface area contributed by atoms with Gasteiger partial charge in [0.1, 0.15) is 6.17 Å². The standard InChI is InChI=1S/C20H22FN3O2/c1-26-17-9-8-14(11-22-17)18(12-6-7-12)23-20(25)24-19-15-5-3-2-4-13(15)10-16(19)21/h2-5,8-9,11-12,16,18-19H,6-7,10H2,1H3,(H2,23,24,25)/t16-,18?,19+/m1/s1. The quantitative estimate of drug-likeness (QED) is 0.863. The van der Waals surface area contributed by atoms with E-state index in [9.17, 15) is 9.18 Å². The maximum absolute atomic E-state index is 14.4. The van der Waals surface area contributed by atoms with E-state index in [4.69, 9.17) is 4.74 Å². The minimum absolute atomic E-state index is 0.122. The molecule has 0 aliphatic heterocycles. The normalized spacial score (nSPS) is 22.4. The second-order valence-corrected chi connectivity index (χ2v) is 6.96. The Bertz CT molecular complexity index is 792. The average Bonchev–Trinajstić information content (AvgIpc) is 3.45. The highest BCUT2D eigenvalue weighted by molar-refractivity contribution is 5.75. The van der Waals surface area contributed by atoms with Gasteiger partial charge in [-0.3, -0.25) is 0 Å². The van der Waals surface area contributed by atoms with Crippen LogP contribution in [0.1, 0.15) is 41.6 Å². The summed E-state index contributed by atoms with van der Waals surface area (Å²) in [5.41, 5.74) is 2.76. The SMILES string of the molecule is COc1ccc(C(NC(=O)N[C@H]2c3ccccc3C[C@H]2F)C2CC2)cn1. The Labute approximate surface area is 152 Å². The number of urea groups is 1. The summed E-state index contributed by atoms with van der Waals surface area (Å²) in [6, 6.07) is 10.2. The van der Waals surface area contributed by atoms with Crippen molar-refractivity contribution in [2.24, 2.45) is 5.92 Å². The number of fused-ring (bicyclic) bond motifs is 1. The zero-order chi connectivity index (χ0) is 18.1. The summed E-state index contributed by atoms with van der Waals surface area (Å²) in [4.78, 5) is 16.8. The van der Waals surface area contributed by atoms with Gasteiger partial charge in [-0.15, -0.1) is 0 Å². The zero-order valence-corrected chi connectivity index (χ0v) is 14.6. The fourth-order valence-electron chi connectivity index (χ4n) is 3.64. The first-order chi connectivity index (χ1) is 12.7. The van der Waals surface area contributed by atoms with Gasteiger partial charge in [-0.25, -0.2) is 14.2 Å². The summed E-state index contributed by atoms with van der Waals surface area (Å²) >= 11 is 0. The number of hydrogen-bond donors (Lipinski definition) is 2. The van der Waals surface area contributed by atoms with Gasteiger partial charge < -0.3 is 15.4 Å². The van der Waals surface area contributed by atoms with Crippen LogP contribution in [-0.2, 0) is 6.42 Å². The largest absolute Gasteiger partial charge is 0.481 e. The number of rotatable bonds is 5. The maximum atomic E-state index is 14.4. The number of amides is 2. The van der Waals surface area contributed by atoms with Gasteiger partial charge in [-0.1, -0.05) is 30.3 Å². The summed E-state index contributed by atoms with van der Waals surface area (Å²) < 4.78 is 19.5. The molecule has 2 aliphatic carbocycles. The van der Waals surface area contributed by atoms with Crippen molar-refractivity contribution in [3.8, 4) is 5.88 Å². The highest BCUT2D eigenvalue weighted by atomic mass is 19.1. The van der Waals surface area contributed by atoms with Crippen molar-refractivity contribution in [1.82, 2.24) is 15.6 Å². The molecule has 5 nitrogen and oxygen atoms in total. The number of alkyl halides is 1. The topological polar surface area (TPSA) is 63.2 Å². The van der Waals surface area contributed by atoms with Crippen LogP contribution in [0.5, 0.6) is 5.88 Å². The predicted molar refractivity (Wildman–Crippen MR) is 95.7 cm³/mol. The summed E-state index contributed by atoms with van der Waals surface area (Å²) in [5, 5.41) is 5.83. The highest BCUT2D eigenvalue weighted by Gasteiger charge is 2.36. The Morgan fingerprint density at radius 1 is 1.27 bits per heavy atom. The van der Waals surface area contributed by atoms with E-state index in [1.54, 1.807) is 19.4 Å². The number of ether oxygens (including phenoxy) is 1. The average molecular weight is 355 g/mol. The molecule has 1 unspecified atom stereocenters. The highest BCUT2D eigenvalue weighted by Crippen LogP contribution is 2.41. The van der Waals surface area contributed by atoms with Gasteiger partial charge in [-0.2, -0.15) is 0 Å². The lowest BCUT2D eigenvalue weighted by molar-refractivity contribution is 0.217. The zero-order valence-electron chi connectivity index (χ0n) is 14.6. The Balaban J connectivity index is 1.46. The predicted octanol–water partition coefficient (Wildman–Crippen LogP) is 3.48. The Kier molecular flexibility index (Phi) is 4.49. The Hall–Kier alpha value is -2.63. The molecular weight excluding hydrogens is 333 g/mol. The Morgan fingerprint density at radius 3 is 2.77 bits per heavy atom. The summed E-state index contributed by atoms with van der Waals surface area (Å²) in [6.07, 6.45) is 3.10. The molecule has 1 saturated carbocycles. The minimum atomic E-state index is -1.10. The molecule has 0 saturated heterocycles. The number of carbonyl (C=O) groups is 1. The van der Waals surface area contributed by atoms with Crippen LogP contribution in [0.25, 0.3) is 0 Å². The molecule has 2 aliphatic rings. The van der Waals surface area contributed by atoms with E-state index >= 15 is 0 Å². The number of hydrogen-bond acceptors (Lipinski definition) is 3. The van der Waals surface area contributed by atoms with Crippen LogP contribution in [0.3, 0.4) is 0 Å². The van der Waals surface area contributed by atoms with Crippen molar-refractivity contribution in [1.29, 1.82) is 0 Å². The third-order valence-electron chi connectivity index (χ3n) is 5.16. The van der Waals surface area contributed by atoms with Gasteiger partial charge in [0.15, 0.2) is 0 Å². The number of carbonyl (C=O) groups excluding carboxylic acids is 1. The first-order valence-electron chi connectivity index (χ1n) is 8.94. The van der Waals surface area contributed by atoms with Crippen LogP contribution < -0.4 is 15.4 Å². The number of methoxy groups -OCH3 is 1. The molecule has 0 radical (unpaired) electrons. The summed E-state index contributed by atoms with van der Waals surface area (Å²) in [5.74, 6) is 0.934. The molecule has 2 N–H and O–H groups in total. The van der Waals surface area contributed by atoms with Crippen LogP contribution in [0, 0.1) is 5.92 Å². The van der Waals surface area contributed by atoms with E-state index in [2.05, 4.69) is 15.6 Å². The molecule has 136 valence electrons. The van der Waals surface area contributed by atoms with Gasteiger partial charge in [0.05, 0.1) is 19.2 Å². The first-order valence-corrected chi connectivity index (χ1v) is 8.94. The molecule has 1 heterocycles. The molecule has 3 atom stereocenters. The van der Waals surface area contributed by atoms with Crippen molar-refractivity contribution >= 4 is 6.03 Å². The number of aromatic nitrogens is 1. The number of benzene rings is 1. The first kappa shape index (κ1) is 16.8. The van der Waals surface area contributed by atoms with E-state index in [1.165, 1.54) is 0 Å². The molecule has 2 aromatic rings. The fraction of sp³-hybridized carbons (Fsp3) is 0.400. The maximum Gasteiger partial charge on any atom is 0.315 e. The monoisotopic (exact) mass is 355 g/mol. The third kappa shape index (κ3) is 3.36. The van der Waals surface area contributed by atoms with Crippen LogP contribution in [-0.4, -0.2) is 24.3 Å². The van der Waals surface area contributed by atoms with Crippen molar-refractivity contribution in [3.05, 3.63) is 59.3 Å². The van der Waals surface area contributed by atoms with Gasteiger partial charge in [-0.05, 0) is 35.4 Å². The van der Waals surface area contributed by atoms with Gasteiger partial charge >= 0.3 is 6.03 Å². The number of pyridine rings is 1. The number of halogens is 1. The van der Waals surface area contributed by atoms with E-state index < -0.39 is 12.2 Å². The second-order valence-electron chi connectivity index (χ2n) is 6.96. The molecule has 0 bridgehead atoms. The molecule has 2 amide bonds. The lowest BCUT2D eigenvalue weighted by Gasteiger charge is -2.22.